The first-order chi connectivity index (χ1) is 5.56. The predicted molar refractivity (Wildman–Crippen MR) is 29.6 cm³/mol. The second-order valence-corrected chi connectivity index (χ2v) is 2.18. The summed E-state index contributed by atoms with van der Waals surface area (Å²) >= 11 is 0. The van der Waals surface area contributed by atoms with Crippen LogP contribution in [0, 0.1) is 0 Å². The lowest BCUT2D eigenvalue weighted by atomic mass is 10.2. The van der Waals surface area contributed by atoms with E-state index in [1.807, 2.05) is 0 Å². The standard InChI is InChI=1S/C5H6F7N/c1-2-13-3(6,4(7,8)9)5(10,11)12/h13H,2H2,1H3. The van der Waals surface area contributed by atoms with Crippen molar-refractivity contribution in [1.29, 1.82) is 0 Å². The minimum Gasteiger partial charge on any atom is -0.270 e. The van der Waals surface area contributed by atoms with Crippen molar-refractivity contribution in [3.63, 3.8) is 0 Å². The minimum absolute atomic E-state index is 0.722. The summed E-state index contributed by atoms with van der Waals surface area (Å²) < 4.78 is 82.2. The van der Waals surface area contributed by atoms with Crippen LogP contribution in [0.5, 0.6) is 0 Å². The zero-order chi connectivity index (χ0) is 10.9. The first-order valence-corrected chi connectivity index (χ1v) is 3.13. The van der Waals surface area contributed by atoms with Crippen molar-refractivity contribution < 1.29 is 30.7 Å². The molecular weight excluding hydrogens is 207 g/mol. The average Bonchev–Trinajstić information content (AvgIpc) is 1.82. The molecular formula is C5H6F7N. The van der Waals surface area contributed by atoms with E-state index in [4.69, 9.17) is 0 Å². The Labute approximate surface area is 68.9 Å². The maximum atomic E-state index is 12.4. The van der Waals surface area contributed by atoms with E-state index < -0.39 is 24.7 Å². The van der Waals surface area contributed by atoms with Gasteiger partial charge in [-0.1, -0.05) is 6.92 Å². The van der Waals surface area contributed by atoms with Crippen LogP contribution in [0.15, 0.2) is 0 Å². The Kier molecular flexibility index (Phi) is 3.18. The van der Waals surface area contributed by atoms with E-state index >= 15 is 0 Å². The zero-order valence-corrected chi connectivity index (χ0v) is 6.35. The topological polar surface area (TPSA) is 12.0 Å². The molecule has 1 nitrogen and oxygen atoms in total. The molecule has 0 fully saturated rings. The number of rotatable bonds is 2. The van der Waals surface area contributed by atoms with Crippen LogP contribution in [0.2, 0.25) is 0 Å². The smallest absolute Gasteiger partial charge is 0.270 e. The fraction of sp³-hybridized carbons (Fsp3) is 1.00. The van der Waals surface area contributed by atoms with E-state index in [0.717, 1.165) is 12.2 Å². The lowest BCUT2D eigenvalue weighted by Crippen LogP contribution is -2.62. The fourth-order valence-electron chi connectivity index (χ4n) is 0.605. The summed E-state index contributed by atoms with van der Waals surface area (Å²) in [5.74, 6) is -5.32. The molecule has 0 aromatic carbocycles. The molecule has 0 spiro atoms. The molecule has 0 bridgehead atoms. The second-order valence-electron chi connectivity index (χ2n) is 2.18. The van der Waals surface area contributed by atoms with Crippen LogP contribution in [0.3, 0.4) is 0 Å². The molecule has 0 atom stereocenters. The molecule has 80 valence electrons. The van der Waals surface area contributed by atoms with Gasteiger partial charge in [0.2, 0.25) is 0 Å². The van der Waals surface area contributed by atoms with Gasteiger partial charge in [-0.25, -0.2) is 4.39 Å². The molecule has 0 unspecified atom stereocenters. The predicted octanol–water partition coefficient (Wildman–Crippen LogP) is 2.39. The Morgan fingerprint density at radius 3 is 1.23 bits per heavy atom. The van der Waals surface area contributed by atoms with E-state index in [0.29, 0.717) is 0 Å². The summed E-state index contributed by atoms with van der Waals surface area (Å²) in [6.45, 7) is 0.154. The van der Waals surface area contributed by atoms with Crippen molar-refractivity contribution in [3.8, 4) is 0 Å². The van der Waals surface area contributed by atoms with Crippen LogP contribution >= 0.6 is 0 Å². The minimum atomic E-state index is -6.01. The Balaban J connectivity index is 4.96. The van der Waals surface area contributed by atoms with E-state index in [-0.39, 0.29) is 0 Å². The molecule has 1 N–H and O–H groups in total. The number of halogens is 7. The third kappa shape index (κ3) is 2.23. The summed E-state index contributed by atoms with van der Waals surface area (Å²) in [6.07, 6.45) is -12.0. The van der Waals surface area contributed by atoms with Crippen molar-refractivity contribution in [3.05, 3.63) is 0 Å². The lowest BCUT2D eigenvalue weighted by Gasteiger charge is -2.30. The molecule has 0 saturated carbocycles. The largest absolute Gasteiger partial charge is 0.445 e. The van der Waals surface area contributed by atoms with Gasteiger partial charge in [-0.05, 0) is 6.54 Å². The average molecular weight is 213 g/mol. The quantitative estimate of drug-likeness (QED) is 0.548. The molecule has 0 aliphatic heterocycles. The highest BCUT2D eigenvalue weighted by Crippen LogP contribution is 2.43. The van der Waals surface area contributed by atoms with Gasteiger partial charge in [0.1, 0.15) is 0 Å². The first kappa shape index (κ1) is 12.5. The molecule has 0 amide bonds. The second kappa shape index (κ2) is 3.32. The van der Waals surface area contributed by atoms with Gasteiger partial charge in [-0.3, -0.25) is 5.32 Å². The van der Waals surface area contributed by atoms with Crippen molar-refractivity contribution in [2.75, 3.05) is 6.54 Å². The van der Waals surface area contributed by atoms with E-state index in [9.17, 15) is 30.7 Å². The normalized spacial score (nSPS) is 14.8. The van der Waals surface area contributed by atoms with Crippen molar-refractivity contribution in [2.24, 2.45) is 0 Å². The number of nitrogens with one attached hydrogen (secondary N) is 1. The van der Waals surface area contributed by atoms with Gasteiger partial charge in [-0.2, -0.15) is 26.3 Å². The summed E-state index contributed by atoms with van der Waals surface area (Å²) in [5, 5.41) is 0.722. The SMILES string of the molecule is CCNC(F)(C(F)(F)F)C(F)(F)F. The van der Waals surface area contributed by atoms with Crippen LogP contribution in [-0.2, 0) is 0 Å². The zero-order valence-electron chi connectivity index (χ0n) is 6.35. The molecule has 0 heterocycles. The maximum absolute atomic E-state index is 12.4. The highest BCUT2D eigenvalue weighted by Gasteiger charge is 2.72. The molecule has 13 heavy (non-hydrogen) atoms. The van der Waals surface area contributed by atoms with Gasteiger partial charge in [0, 0.05) is 0 Å². The van der Waals surface area contributed by atoms with Crippen LogP contribution in [-0.4, -0.2) is 24.7 Å². The Morgan fingerprint density at radius 2 is 1.15 bits per heavy atom. The molecule has 0 aromatic rings. The van der Waals surface area contributed by atoms with Gasteiger partial charge in [0.25, 0.3) is 0 Å². The first-order valence-electron chi connectivity index (χ1n) is 3.13. The van der Waals surface area contributed by atoms with Crippen molar-refractivity contribution in [1.82, 2.24) is 5.32 Å². The highest BCUT2D eigenvalue weighted by molar-refractivity contribution is 4.91. The summed E-state index contributed by atoms with van der Waals surface area (Å²) in [5.41, 5.74) is 0. The molecule has 0 saturated heterocycles. The van der Waals surface area contributed by atoms with Crippen LogP contribution < -0.4 is 5.32 Å². The van der Waals surface area contributed by atoms with Gasteiger partial charge < -0.3 is 0 Å². The number of hydrogen-bond donors (Lipinski definition) is 1. The lowest BCUT2D eigenvalue weighted by molar-refractivity contribution is -0.352. The third-order valence-electron chi connectivity index (χ3n) is 1.20. The van der Waals surface area contributed by atoms with Gasteiger partial charge >= 0.3 is 18.1 Å². The number of hydrogen-bond acceptors (Lipinski definition) is 1. The van der Waals surface area contributed by atoms with Crippen LogP contribution in [0.25, 0.3) is 0 Å². The summed E-state index contributed by atoms with van der Waals surface area (Å²) in [6, 6.07) is 0. The number of alkyl halides is 7. The fourth-order valence-corrected chi connectivity index (χ4v) is 0.605. The summed E-state index contributed by atoms with van der Waals surface area (Å²) in [7, 11) is 0. The highest BCUT2D eigenvalue weighted by atomic mass is 19.4. The molecule has 0 aromatic heterocycles. The maximum Gasteiger partial charge on any atom is 0.445 e. The molecule has 0 aliphatic carbocycles. The summed E-state index contributed by atoms with van der Waals surface area (Å²) in [4.78, 5) is 0. The Morgan fingerprint density at radius 1 is 0.846 bits per heavy atom. The van der Waals surface area contributed by atoms with Crippen LogP contribution in [0.4, 0.5) is 30.7 Å². The monoisotopic (exact) mass is 213 g/mol. The van der Waals surface area contributed by atoms with Gasteiger partial charge in [0.05, 0.1) is 0 Å². The van der Waals surface area contributed by atoms with Gasteiger partial charge in [0.15, 0.2) is 0 Å². The van der Waals surface area contributed by atoms with E-state index in [2.05, 4.69) is 0 Å². The van der Waals surface area contributed by atoms with Gasteiger partial charge in [-0.15, -0.1) is 0 Å². The third-order valence-corrected chi connectivity index (χ3v) is 1.20. The van der Waals surface area contributed by atoms with Crippen LogP contribution in [0.1, 0.15) is 6.92 Å². The van der Waals surface area contributed by atoms with Crippen molar-refractivity contribution >= 4 is 0 Å². The van der Waals surface area contributed by atoms with Crippen molar-refractivity contribution in [2.45, 2.75) is 25.1 Å². The Bertz CT molecular complexity index is 155. The molecule has 0 radical (unpaired) electrons. The molecule has 0 rings (SSSR count). The van der Waals surface area contributed by atoms with E-state index in [1.54, 1.807) is 0 Å². The molecule has 0 aliphatic rings. The Hall–Kier alpha value is -0.530. The molecule has 8 heteroatoms. The van der Waals surface area contributed by atoms with E-state index in [1.165, 1.54) is 0 Å².